The monoisotopic (exact) mass is 312 g/mol. The maximum atomic E-state index is 13.2. The minimum absolute atomic E-state index is 0.289. The van der Waals surface area contributed by atoms with Gasteiger partial charge in [0.1, 0.15) is 18.2 Å². The second kappa shape index (κ2) is 6.54. The van der Waals surface area contributed by atoms with Gasteiger partial charge in [-0.3, -0.25) is 0 Å². The highest BCUT2D eigenvalue weighted by Gasteiger charge is 2.05. The van der Waals surface area contributed by atoms with Crippen LogP contribution in [0.5, 0.6) is 5.75 Å². The van der Waals surface area contributed by atoms with Gasteiger partial charge >= 0.3 is 5.97 Å². The zero-order valence-corrected chi connectivity index (χ0v) is 11.7. The van der Waals surface area contributed by atoms with Crippen LogP contribution in [0.1, 0.15) is 10.4 Å². The third kappa shape index (κ3) is 4.08. The van der Waals surface area contributed by atoms with Crippen molar-refractivity contribution in [3.05, 3.63) is 57.0 Å². The topological polar surface area (TPSA) is 46.5 Å². The zero-order valence-electron chi connectivity index (χ0n) is 10.2. The summed E-state index contributed by atoms with van der Waals surface area (Å²) in [6.07, 6.45) is 2.23. The first kappa shape index (κ1) is 14.6. The molecular weight excluding hydrogens is 303 g/mol. The Bertz CT molecular complexity index is 652. The zero-order chi connectivity index (χ0) is 14.5. The number of carboxylic acids is 1. The van der Waals surface area contributed by atoms with Gasteiger partial charge in [-0.05, 0) is 36.4 Å². The lowest BCUT2D eigenvalue weighted by molar-refractivity contribution is -0.131. The van der Waals surface area contributed by atoms with E-state index < -0.39 is 11.8 Å². The van der Waals surface area contributed by atoms with Crippen molar-refractivity contribution >= 4 is 35.0 Å². The molecule has 0 atom stereocenters. The first-order valence-corrected chi connectivity index (χ1v) is 6.81. The molecule has 1 N–H and O–H groups in total. The number of carboxylic acid groups (broad SMARTS) is 1. The second-order valence-corrected chi connectivity index (χ2v) is 5.65. The van der Waals surface area contributed by atoms with Crippen LogP contribution >= 0.6 is 22.9 Å². The third-order valence-corrected chi connectivity index (χ3v) is 3.58. The Morgan fingerprint density at radius 2 is 2.20 bits per heavy atom. The quantitative estimate of drug-likeness (QED) is 0.841. The lowest BCUT2D eigenvalue weighted by atomic mass is 10.2. The fourth-order valence-electron chi connectivity index (χ4n) is 1.52. The minimum Gasteiger partial charge on any atom is -0.487 e. The Kier molecular flexibility index (Phi) is 4.76. The fraction of sp³-hybridized carbons (Fsp3) is 0.0714. The molecule has 6 heteroatoms. The smallest absolute Gasteiger partial charge is 0.328 e. The summed E-state index contributed by atoms with van der Waals surface area (Å²) in [5.41, 5.74) is 0.370. The van der Waals surface area contributed by atoms with Gasteiger partial charge in [0.05, 0.1) is 4.34 Å². The average molecular weight is 313 g/mol. The van der Waals surface area contributed by atoms with E-state index in [1.54, 1.807) is 6.07 Å². The summed E-state index contributed by atoms with van der Waals surface area (Å²) in [4.78, 5) is 11.4. The van der Waals surface area contributed by atoms with Crippen LogP contribution in [0.3, 0.4) is 0 Å². The Hall–Kier alpha value is -1.85. The molecule has 0 bridgehead atoms. The first-order valence-electron chi connectivity index (χ1n) is 5.62. The summed E-state index contributed by atoms with van der Waals surface area (Å²) in [6, 6.07) is 7.54. The molecule has 0 aliphatic rings. The SMILES string of the molecule is O=C(O)/C=C/c1cc(F)ccc1OCc1ccc(Cl)s1. The van der Waals surface area contributed by atoms with Gasteiger partial charge in [0.25, 0.3) is 0 Å². The lowest BCUT2D eigenvalue weighted by Gasteiger charge is -2.08. The molecule has 1 heterocycles. The maximum absolute atomic E-state index is 13.2. The van der Waals surface area contributed by atoms with Gasteiger partial charge in [-0.2, -0.15) is 0 Å². The molecule has 2 rings (SSSR count). The van der Waals surface area contributed by atoms with Crippen LogP contribution in [-0.4, -0.2) is 11.1 Å². The molecule has 0 unspecified atom stereocenters. The summed E-state index contributed by atoms with van der Waals surface area (Å²) in [5, 5.41) is 8.61. The number of aliphatic carboxylic acids is 1. The Morgan fingerprint density at radius 1 is 1.40 bits per heavy atom. The van der Waals surface area contributed by atoms with Crippen molar-refractivity contribution in [1.82, 2.24) is 0 Å². The number of rotatable bonds is 5. The molecule has 0 fully saturated rings. The summed E-state index contributed by atoms with van der Waals surface area (Å²) in [7, 11) is 0. The highest BCUT2D eigenvalue weighted by Crippen LogP contribution is 2.25. The van der Waals surface area contributed by atoms with E-state index in [1.807, 2.05) is 6.07 Å². The number of hydrogen-bond acceptors (Lipinski definition) is 3. The molecule has 104 valence electrons. The Labute approximate surface area is 123 Å². The number of halogens is 2. The molecule has 0 amide bonds. The lowest BCUT2D eigenvalue weighted by Crippen LogP contribution is -1.96. The van der Waals surface area contributed by atoms with Crippen molar-refractivity contribution in [1.29, 1.82) is 0 Å². The molecule has 3 nitrogen and oxygen atoms in total. The summed E-state index contributed by atoms with van der Waals surface area (Å²) >= 11 is 7.20. The average Bonchev–Trinajstić information content (AvgIpc) is 2.81. The van der Waals surface area contributed by atoms with E-state index in [4.69, 9.17) is 21.4 Å². The predicted octanol–water partition coefficient (Wildman–Crippen LogP) is 4.22. The van der Waals surface area contributed by atoms with Crippen LogP contribution < -0.4 is 4.74 Å². The minimum atomic E-state index is -1.11. The molecule has 0 spiro atoms. The van der Waals surface area contributed by atoms with Crippen LogP contribution in [0.4, 0.5) is 4.39 Å². The van der Waals surface area contributed by atoms with E-state index in [0.29, 0.717) is 15.6 Å². The molecule has 0 radical (unpaired) electrons. The van der Waals surface area contributed by atoms with Crippen molar-refractivity contribution in [2.75, 3.05) is 0 Å². The molecule has 1 aromatic carbocycles. The number of thiophene rings is 1. The van der Waals surface area contributed by atoms with Crippen LogP contribution in [-0.2, 0) is 11.4 Å². The second-order valence-electron chi connectivity index (χ2n) is 3.85. The summed E-state index contributed by atoms with van der Waals surface area (Å²) in [5.74, 6) is -1.15. The van der Waals surface area contributed by atoms with Crippen LogP contribution in [0.15, 0.2) is 36.4 Å². The Balaban J connectivity index is 2.15. The van der Waals surface area contributed by atoms with Crippen molar-refractivity contribution in [3.63, 3.8) is 0 Å². The number of benzene rings is 1. The van der Waals surface area contributed by atoms with Crippen LogP contribution in [0, 0.1) is 5.82 Å². The van der Waals surface area contributed by atoms with Crippen molar-refractivity contribution in [2.24, 2.45) is 0 Å². The Morgan fingerprint density at radius 3 is 2.85 bits per heavy atom. The van der Waals surface area contributed by atoms with Crippen molar-refractivity contribution in [3.8, 4) is 5.75 Å². The molecule has 0 aliphatic carbocycles. The fourth-order valence-corrected chi connectivity index (χ4v) is 2.52. The van der Waals surface area contributed by atoms with E-state index in [2.05, 4.69) is 0 Å². The van der Waals surface area contributed by atoms with Gasteiger partial charge < -0.3 is 9.84 Å². The molecular formula is C14H10ClFO3S. The van der Waals surface area contributed by atoms with Gasteiger partial charge in [0.15, 0.2) is 0 Å². The van der Waals surface area contributed by atoms with Crippen molar-refractivity contribution < 1.29 is 19.0 Å². The highest BCUT2D eigenvalue weighted by molar-refractivity contribution is 7.16. The molecule has 0 aliphatic heterocycles. The normalized spacial score (nSPS) is 10.9. The van der Waals surface area contributed by atoms with Crippen LogP contribution in [0.2, 0.25) is 4.34 Å². The number of ether oxygens (including phenoxy) is 1. The van der Waals surface area contributed by atoms with E-state index in [1.165, 1.54) is 35.6 Å². The molecule has 1 aromatic heterocycles. The van der Waals surface area contributed by atoms with E-state index in [9.17, 15) is 9.18 Å². The van der Waals surface area contributed by atoms with E-state index >= 15 is 0 Å². The first-order chi connectivity index (χ1) is 9.54. The molecule has 0 saturated carbocycles. The predicted molar refractivity (Wildman–Crippen MR) is 76.7 cm³/mol. The van der Waals surface area contributed by atoms with Gasteiger partial charge in [0.2, 0.25) is 0 Å². The van der Waals surface area contributed by atoms with Crippen molar-refractivity contribution in [2.45, 2.75) is 6.61 Å². The number of carbonyl (C=O) groups is 1. The maximum Gasteiger partial charge on any atom is 0.328 e. The van der Waals surface area contributed by atoms with Crippen LogP contribution in [0.25, 0.3) is 6.08 Å². The molecule has 2 aromatic rings. The standard InChI is InChI=1S/C14H10ClFO3S/c15-13-5-3-11(20-13)8-19-12-4-2-10(16)7-9(12)1-6-14(17)18/h1-7H,8H2,(H,17,18)/b6-1+. The van der Waals surface area contributed by atoms with Gasteiger partial charge in [-0.1, -0.05) is 11.6 Å². The summed E-state index contributed by atoms with van der Waals surface area (Å²) in [6.45, 7) is 0.289. The highest BCUT2D eigenvalue weighted by atomic mass is 35.5. The largest absolute Gasteiger partial charge is 0.487 e. The molecule has 20 heavy (non-hydrogen) atoms. The van der Waals surface area contributed by atoms with Gasteiger partial charge in [-0.25, -0.2) is 9.18 Å². The third-order valence-electron chi connectivity index (χ3n) is 2.38. The van der Waals surface area contributed by atoms with Gasteiger partial charge in [-0.15, -0.1) is 11.3 Å². The van der Waals surface area contributed by atoms with E-state index in [0.717, 1.165) is 11.0 Å². The number of hydrogen-bond donors (Lipinski definition) is 1. The van der Waals surface area contributed by atoms with E-state index in [-0.39, 0.29) is 6.61 Å². The summed E-state index contributed by atoms with van der Waals surface area (Å²) < 4.78 is 19.4. The molecule has 0 saturated heterocycles. The van der Waals surface area contributed by atoms with Gasteiger partial charge in [0, 0.05) is 16.5 Å².